The van der Waals surface area contributed by atoms with E-state index in [1.54, 1.807) is 12.5 Å². The smallest absolute Gasteiger partial charge is 0.261 e. The molecule has 1 aromatic carbocycles. The van der Waals surface area contributed by atoms with Crippen LogP contribution in [0.5, 0.6) is 0 Å². The lowest BCUT2D eigenvalue weighted by molar-refractivity contribution is -0.139. The Kier molecular flexibility index (Phi) is 5.94. The van der Waals surface area contributed by atoms with E-state index < -0.39 is 47.2 Å². The highest BCUT2D eigenvalue weighted by Gasteiger charge is 2.50. The number of carbonyl (C=O) groups is 4. The highest BCUT2D eigenvalue weighted by molar-refractivity contribution is 8.13. The lowest BCUT2D eigenvalue weighted by atomic mass is 9.74. The zero-order valence-electron chi connectivity index (χ0n) is 14.8. The van der Waals surface area contributed by atoms with E-state index in [1.165, 1.54) is 18.2 Å². The number of halogens is 1. The fourth-order valence-corrected chi connectivity index (χ4v) is 3.88. The molecule has 3 rings (SSSR count). The summed E-state index contributed by atoms with van der Waals surface area (Å²) in [6.45, 7) is 0. The van der Waals surface area contributed by atoms with Crippen molar-refractivity contribution in [2.75, 3.05) is 12.5 Å². The third-order valence-corrected chi connectivity index (χ3v) is 5.51. The predicted octanol–water partition coefficient (Wildman–Crippen LogP) is 0.892. The Labute approximate surface area is 167 Å². The molecule has 0 bridgehead atoms. The van der Waals surface area contributed by atoms with Gasteiger partial charge in [0.15, 0.2) is 10.3 Å². The van der Waals surface area contributed by atoms with Crippen LogP contribution in [0.1, 0.15) is 11.5 Å². The van der Waals surface area contributed by atoms with E-state index in [0.29, 0.717) is 0 Å². The normalized spacial score (nSPS) is 23.5. The number of rotatable bonds is 3. The number of carbonyl (C=O) groups excluding carboxylic acids is 4. The summed E-state index contributed by atoms with van der Waals surface area (Å²) >= 11 is 2.12. The number of nitrogens with zero attached hydrogens (tertiary/aromatic N) is 2. The zero-order valence-corrected chi connectivity index (χ0v) is 16.4. The average Bonchev–Trinajstić information content (AvgIpc) is 2.65. The van der Waals surface area contributed by atoms with Crippen LogP contribution in [-0.4, -0.2) is 46.5 Å². The summed E-state index contributed by atoms with van der Waals surface area (Å²) in [7, 11) is 0. The van der Waals surface area contributed by atoms with Gasteiger partial charge in [0.05, 0.1) is 0 Å². The molecule has 0 spiro atoms. The van der Waals surface area contributed by atoms with Crippen LogP contribution in [0, 0.1) is 17.7 Å². The zero-order chi connectivity index (χ0) is 20.4. The lowest BCUT2D eigenvalue weighted by Gasteiger charge is -2.32. The van der Waals surface area contributed by atoms with Gasteiger partial charge in [-0.3, -0.25) is 19.2 Å². The summed E-state index contributed by atoms with van der Waals surface area (Å²) in [5.74, 6) is -8.41. The molecule has 146 valence electrons. The van der Waals surface area contributed by atoms with Crippen LogP contribution < -0.4 is 10.6 Å². The first-order chi connectivity index (χ1) is 13.4. The van der Waals surface area contributed by atoms with Gasteiger partial charge in [0, 0.05) is 5.92 Å². The van der Waals surface area contributed by atoms with Gasteiger partial charge in [0.1, 0.15) is 17.7 Å². The molecule has 0 aliphatic carbocycles. The first-order valence-corrected chi connectivity index (χ1v) is 10.5. The van der Waals surface area contributed by atoms with Crippen molar-refractivity contribution >= 4 is 57.5 Å². The number of amides is 4. The van der Waals surface area contributed by atoms with Gasteiger partial charge in [0.2, 0.25) is 11.8 Å². The highest BCUT2D eigenvalue weighted by atomic mass is 32.2. The van der Waals surface area contributed by atoms with E-state index in [-0.39, 0.29) is 15.9 Å². The second-order valence-corrected chi connectivity index (χ2v) is 7.49. The summed E-state index contributed by atoms with van der Waals surface area (Å²) in [5.41, 5.74) is -0.102. The SMILES string of the molecule is CSC1=NC(=O)C(C(c2ccccc2F)C2C(=O)N=C(SC)NC2=O)C(=O)N1. The average molecular weight is 422 g/mol. The number of thioether (sulfide) groups is 2. The topological polar surface area (TPSA) is 117 Å². The van der Waals surface area contributed by atoms with Crippen LogP contribution in [0.3, 0.4) is 0 Å². The van der Waals surface area contributed by atoms with E-state index in [0.717, 1.165) is 29.6 Å². The number of aliphatic imine (C=N–C) groups is 2. The third-order valence-electron chi connectivity index (χ3n) is 4.35. The molecule has 2 atom stereocenters. The van der Waals surface area contributed by atoms with Gasteiger partial charge in [-0.15, -0.1) is 0 Å². The van der Waals surface area contributed by atoms with Crippen molar-refractivity contribution in [2.24, 2.45) is 21.8 Å². The minimum Gasteiger partial charge on any atom is -0.304 e. The molecule has 8 nitrogen and oxygen atoms in total. The first kappa shape index (κ1) is 20.2. The molecule has 28 heavy (non-hydrogen) atoms. The van der Waals surface area contributed by atoms with E-state index in [9.17, 15) is 23.6 Å². The summed E-state index contributed by atoms with van der Waals surface area (Å²) in [5, 5.41) is 5.10. The van der Waals surface area contributed by atoms with Crippen LogP contribution in [0.25, 0.3) is 0 Å². The molecule has 4 amide bonds. The van der Waals surface area contributed by atoms with Gasteiger partial charge < -0.3 is 10.6 Å². The monoisotopic (exact) mass is 422 g/mol. The lowest BCUT2D eigenvalue weighted by Crippen LogP contribution is -2.52. The van der Waals surface area contributed by atoms with Crippen molar-refractivity contribution in [3.8, 4) is 0 Å². The highest BCUT2D eigenvalue weighted by Crippen LogP contribution is 2.38. The Morgan fingerprint density at radius 3 is 1.75 bits per heavy atom. The molecule has 2 N–H and O–H groups in total. The molecular formula is C17H15FN4O4S2. The van der Waals surface area contributed by atoms with Crippen molar-refractivity contribution in [2.45, 2.75) is 5.92 Å². The molecule has 2 heterocycles. The maximum atomic E-state index is 14.6. The summed E-state index contributed by atoms with van der Waals surface area (Å²) in [6, 6.07) is 5.39. The van der Waals surface area contributed by atoms with Gasteiger partial charge in [-0.1, -0.05) is 41.7 Å². The van der Waals surface area contributed by atoms with Crippen LogP contribution in [-0.2, 0) is 19.2 Å². The Balaban J connectivity index is 2.14. The molecule has 2 aliphatic rings. The maximum Gasteiger partial charge on any atom is 0.261 e. The molecular weight excluding hydrogens is 407 g/mol. The second kappa shape index (κ2) is 8.23. The number of benzene rings is 1. The number of hydrogen-bond donors (Lipinski definition) is 2. The largest absolute Gasteiger partial charge is 0.304 e. The number of hydrogen-bond acceptors (Lipinski definition) is 6. The van der Waals surface area contributed by atoms with Crippen molar-refractivity contribution in [3.05, 3.63) is 35.6 Å². The summed E-state index contributed by atoms with van der Waals surface area (Å²) in [4.78, 5) is 58.1. The number of nitrogens with one attached hydrogen (secondary N) is 2. The fraction of sp³-hybridized carbons (Fsp3) is 0.294. The molecule has 0 radical (unpaired) electrons. The van der Waals surface area contributed by atoms with E-state index in [4.69, 9.17) is 0 Å². The Morgan fingerprint density at radius 1 is 0.893 bits per heavy atom. The van der Waals surface area contributed by atoms with Crippen LogP contribution in [0.15, 0.2) is 34.3 Å². The number of amidine groups is 2. The van der Waals surface area contributed by atoms with Crippen molar-refractivity contribution in [1.29, 1.82) is 0 Å². The van der Waals surface area contributed by atoms with Gasteiger partial charge in [0.25, 0.3) is 11.8 Å². The Bertz CT molecular complexity index is 881. The molecule has 2 aliphatic heterocycles. The quantitative estimate of drug-likeness (QED) is 0.699. The van der Waals surface area contributed by atoms with Crippen molar-refractivity contribution in [1.82, 2.24) is 10.6 Å². The van der Waals surface area contributed by atoms with E-state index in [2.05, 4.69) is 20.6 Å². The van der Waals surface area contributed by atoms with Crippen molar-refractivity contribution in [3.63, 3.8) is 0 Å². The molecule has 0 fully saturated rings. The van der Waals surface area contributed by atoms with Crippen LogP contribution in [0.4, 0.5) is 4.39 Å². The molecule has 0 saturated carbocycles. The second-order valence-electron chi connectivity index (χ2n) is 5.90. The Hall–Kier alpha value is -2.53. The maximum absolute atomic E-state index is 14.6. The molecule has 2 unspecified atom stereocenters. The predicted molar refractivity (Wildman–Crippen MR) is 104 cm³/mol. The Morgan fingerprint density at radius 2 is 1.36 bits per heavy atom. The van der Waals surface area contributed by atoms with E-state index in [1.807, 2.05) is 0 Å². The van der Waals surface area contributed by atoms with E-state index >= 15 is 0 Å². The standard InChI is InChI=1S/C17H15FN4O4S2/c1-27-16-19-12(23)10(13(24)20-16)9(7-5-3-4-6-8(7)18)11-14(25)21-17(28-2)22-15(11)26/h3-6,9-11H,1-2H3,(H,19,20,23,24)(H,21,22,25,26). The fourth-order valence-electron chi connectivity index (χ4n) is 3.11. The first-order valence-electron chi connectivity index (χ1n) is 8.06. The summed E-state index contributed by atoms with van der Waals surface area (Å²) < 4.78 is 14.6. The van der Waals surface area contributed by atoms with Crippen molar-refractivity contribution < 1.29 is 23.6 Å². The minimum atomic E-state index is -1.54. The minimum absolute atomic E-state index is 0.0978. The van der Waals surface area contributed by atoms with Gasteiger partial charge >= 0.3 is 0 Å². The molecule has 0 saturated heterocycles. The summed E-state index contributed by atoms with van der Waals surface area (Å²) in [6.07, 6.45) is 3.25. The van der Waals surface area contributed by atoms with Gasteiger partial charge in [-0.05, 0) is 24.1 Å². The van der Waals surface area contributed by atoms with Gasteiger partial charge in [-0.2, -0.15) is 9.98 Å². The van der Waals surface area contributed by atoms with Crippen LogP contribution in [0.2, 0.25) is 0 Å². The molecule has 0 aromatic heterocycles. The van der Waals surface area contributed by atoms with Gasteiger partial charge in [-0.25, -0.2) is 4.39 Å². The molecule has 1 aromatic rings. The third kappa shape index (κ3) is 3.72. The molecule has 11 heteroatoms. The van der Waals surface area contributed by atoms with Crippen LogP contribution >= 0.6 is 23.5 Å².